The van der Waals surface area contributed by atoms with Crippen molar-refractivity contribution < 1.29 is 4.42 Å². The summed E-state index contributed by atoms with van der Waals surface area (Å²) in [6.07, 6.45) is 4.30. The predicted octanol–water partition coefficient (Wildman–Crippen LogP) is 2.59. The van der Waals surface area contributed by atoms with Gasteiger partial charge in [-0.2, -0.15) is 0 Å². The third-order valence-corrected chi connectivity index (χ3v) is 2.71. The van der Waals surface area contributed by atoms with Crippen LogP contribution in [0.25, 0.3) is 0 Å². The number of guanidine groups is 1. The summed E-state index contributed by atoms with van der Waals surface area (Å²) in [5.74, 6) is 1.77. The van der Waals surface area contributed by atoms with Gasteiger partial charge >= 0.3 is 0 Å². The Hall–Kier alpha value is -1.57. The largest absolute Gasteiger partial charge is 0.469 e. The van der Waals surface area contributed by atoms with Crippen LogP contribution in [0.2, 0.25) is 0 Å². The molecular formula is C15H21IN4O. The van der Waals surface area contributed by atoms with E-state index < -0.39 is 0 Å². The minimum atomic E-state index is 0. The molecular weight excluding hydrogens is 379 g/mol. The SMILES string of the molecule is CCNC(=NCc1ccccn1)NCCc1ccco1.I. The lowest BCUT2D eigenvalue weighted by atomic mass is 10.3. The van der Waals surface area contributed by atoms with Gasteiger partial charge in [-0.1, -0.05) is 6.07 Å². The number of aliphatic imine (C=N–C) groups is 1. The van der Waals surface area contributed by atoms with E-state index in [0.29, 0.717) is 6.54 Å². The normalized spacial score (nSPS) is 10.8. The quantitative estimate of drug-likeness (QED) is 0.445. The number of aromatic nitrogens is 1. The van der Waals surface area contributed by atoms with E-state index in [0.717, 1.165) is 36.9 Å². The van der Waals surface area contributed by atoms with Gasteiger partial charge in [0.15, 0.2) is 5.96 Å². The average molecular weight is 400 g/mol. The van der Waals surface area contributed by atoms with Crippen LogP contribution in [-0.4, -0.2) is 24.0 Å². The van der Waals surface area contributed by atoms with Crippen molar-refractivity contribution in [1.82, 2.24) is 15.6 Å². The van der Waals surface area contributed by atoms with Crippen LogP contribution in [0.15, 0.2) is 52.2 Å². The van der Waals surface area contributed by atoms with Gasteiger partial charge in [0.2, 0.25) is 0 Å². The molecule has 0 atom stereocenters. The van der Waals surface area contributed by atoms with E-state index in [2.05, 4.69) is 20.6 Å². The fourth-order valence-corrected chi connectivity index (χ4v) is 1.75. The van der Waals surface area contributed by atoms with Crippen molar-refractivity contribution in [3.63, 3.8) is 0 Å². The molecule has 5 nitrogen and oxygen atoms in total. The number of nitrogens with one attached hydrogen (secondary N) is 2. The van der Waals surface area contributed by atoms with E-state index in [1.165, 1.54) is 0 Å². The predicted molar refractivity (Wildman–Crippen MR) is 94.9 cm³/mol. The molecule has 0 aromatic carbocycles. The number of halogens is 1. The van der Waals surface area contributed by atoms with Crippen LogP contribution < -0.4 is 10.6 Å². The first-order chi connectivity index (χ1) is 9.88. The number of furan rings is 1. The monoisotopic (exact) mass is 400 g/mol. The highest BCUT2D eigenvalue weighted by atomic mass is 127. The molecule has 0 fully saturated rings. The van der Waals surface area contributed by atoms with Crippen LogP contribution >= 0.6 is 24.0 Å². The van der Waals surface area contributed by atoms with Crippen molar-refractivity contribution in [3.8, 4) is 0 Å². The molecule has 2 aromatic heterocycles. The van der Waals surface area contributed by atoms with Gasteiger partial charge in [-0.3, -0.25) is 4.98 Å². The Morgan fingerprint density at radius 1 is 1.24 bits per heavy atom. The van der Waals surface area contributed by atoms with Crippen LogP contribution in [-0.2, 0) is 13.0 Å². The summed E-state index contributed by atoms with van der Waals surface area (Å²) >= 11 is 0. The molecule has 0 bridgehead atoms. The van der Waals surface area contributed by atoms with Gasteiger partial charge in [0.1, 0.15) is 5.76 Å². The Morgan fingerprint density at radius 3 is 2.81 bits per heavy atom. The summed E-state index contributed by atoms with van der Waals surface area (Å²) in [7, 11) is 0. The van der Waals surface area contributed by atoms with Gasteiger partial charge in [-0.25, -0.2) is 4.99 Å². The van der Waals surface area contributed by atoms with Gasteiger partial charge in [-0.05, 0) is 31.2 Å². The molecule has 0 aliphatic carbocycles. The lowest BCUT2D eigenvalue weighted by Gasteiger charge is -2.10. The lowest BCUT2D eigenvalue weighted by molar-refractivity contribution is 0.507. The van der Waals surface area contributed by atoms with Crippen LogP contribution in [0, 0.1) is 0 Å². The van der Waals surface area contributed by atoms with Gasteiger partial charge in [0, 0.05) is 25.7 Å². The first kappa shape index (κ1) is 17.5. The Labute approximate surface area is 142 Å². The van der Waals surface area contributed by atoms with Crippen molar-refractivity contribution in [1.29, 1.82) is 0 Å². The lowest BCUT2D eigenvalue weighted by Crippen LogP contribution is -2.38. The van der Waals surface area contributed by atoms with Gasteiger partial charge in [0.25, 0.3) is 0 Å². The molecule has 0 aliphatic heterocycles. The molecule has 0 amide bonds. The maximum Gasteiger partial charge on any atom is 0.191 e. The number of nitrogens with zero attached hydrogens (tertiary/aromatic N) is 2. The Morgan fingerprint density at radius 2 is 2.14 bits per heavy atom. The fourth-order valence-electron chi connectivity index (χ4n) is 1.75. The first-order valence-corrected chi connectivity index (χ1v) is 6.83. The topological polar surface area (TPSA) is 62.5 Å². The highest BCUT2D eigenvalue weighted by Crippen LogP contribution is 1.99. The van der Waals surface area contributed by atoms with E-state index in [-0.39, 0.29) is 24.0 Å². The third-order valence-electron chi connectivity index (χ3n) is 2.71. The number of pyridine rings is 1. The summed E-state index contributed by atoms with van der Waals surface area (Å²) < 4.78 is 5.29. The summed E-state index contributed by atoms with van der Waals surface area (Å²) in [5.41, 5.74) is 0.954. The van der Waals surface area contributed by atoms with Crippen molar-refractivity contribution in [2.45, 2.75) is 19.9 Å². The van der Waals surface area contributed by atoms with Crippen molar-refractivity contribution >= 4 is 29.9 Å². The Bertz CT molecular complexity index is 514. The zero-order valence-corrected chi connectivity index (χ0v) is 14.4. The standard InChI is InChI=1S/C15H20N4O.HI/c1-2-16-15(18-10-8-14-7-5-11-20-14)19-12-13-6-3-4-9-17-13;/h3-7,9,11H,2,8,10,12H2,1H3,(H2,16,18,19);1H. The first-order valence-electron chi connectivity index (χ1n) is 6.83. The van der Waals surface area contributed by atoms with E-state index in [1.54, 1.807) is 12.5 Å². The number of hydrogen-bond donors (Lipinski definition) is 2. The molecule has 2 N–H and O–H groups in total. The number of rotatable bonds is 6. The second-order valence-corrected chi connectivity index (χ2v) is 4.27. The minimum absolute atomic E-state index is 0. The smallest absolute Gasteiger partial charge is 0.191 e. The Kier molecular flexibility index (Phi) is 8.49. The number of hydrogen-bond acceptors (Lipinski definition) is 3. The molecule has 0 unspecified atom stereocenters. The average Bonchev–Trinajstić information content (AvgIpc) is 2.99. The molecule has 2 aromatic rings. The molecule has 114 valence electrons. The van der Waals surface area contributed by atoms with Gasteiger partial charge in [-0.15, -0.1) is 24.0 Å². The third kappa shape index (κ3) is 6.61. The van der Waals surface area contributed by atoms with E-state index >= 15 is 0 Å². The summed E-state index contributed by atoms with van der Waals surface area (Å²) in [4.78, 5) is 8.76. The van der Waals surface area contributed by atoms with E-state index in [9.17, 15) is 0 Å². The molecule has 6 heteroatoms. The van der Waals surface area contributed by atoms with Crippen molar-refractivity contribution in [2.24, 2.45) is 4.99 Å². The molecule has 2 rings (SSSR count). The highest BCUT2D eigenvalue weighted by molar-refractivity contribution is 14.0. The molecule has 0 spiro atoms. The van der Waals surface area contributed by atoms with Crippen LogP contribution in [0.1, 0.15) is 18.4 Å². The second-order valence-electron chi connectivity index (χ2n) is 4.27. The molecule has 2 heterocycles. The fraction of sp³-hybridized carbons (Fsp3) is 0.333. The maximum atomic E-state index is 5.29. The second kappa shape index (κ2) is 10.2. The molecule has 0 aliphatic rings. The maximum absolute atomic E-state index is 5.29. The van der Waals surface area contributed by atoms with Crippen LogP contribution in [0.4, 0.5) is 0 Å². The van der Waals surface area contributed by atoms with Crippen molar-refractivity contribution in [3.05, 3.63) is 54.2 Å². The Balaban J connectivity index is 0.00000220. The van der Waals surface area contributed by atoms with Crippen LogP contribution in [0.3, 0.4) is 0 Å². The molecule has 21 heavy (non-hydrogen) atoms. The zero-order valence-electron chi connectivity index (χ0n) is 12.1. The van der Waals surface area contributed by atoms with E-state index in [4.69, 9.17) is 4.42 Å². The minimum Gasteiger partial charge on any atom is -0.469 e. The summed E-state index contributed by atoms with van der Waals surface area (Å²) in [6.45, 7) is 4.22. The van der Waals surface area contributed by atoms with Gasteiger partial charge in [0.05, 0.1) is 18.5 Å². The van der Waals surface area contributed by atoms with E-state index in [1.807, 2.05) is 37.3 Å². The molecule has 0 saturated heterocycles. The molecule has 0 radical (unpaired) electrons. The van der Waals surface area contributed by atoms with Crippen LogP contribution in [0.5, 0.6) is 0 Å². The zero-order chi connectivity index (χ0) is 14.0. The van der Waals surface area contributed by atoms with Crippen molar-refractivity contribution in [2.75, 3.05) is 13.1 Å². The van der Waals surface area contributed by atoms with Gasteiger partial charge < -0.3 is 15.1 Å². The summed E-state index contributed by atoms with van der Waals surface area (Å²) in [6, 6.07) is 9.71. The highest BCUT2D eigenvalue weighted by Gasteiger charge is 1.99. The summed E-state index contributed by atoms with van der Waals surface area (Å²) in [5, 5.41) is 6.49. The molecule has 0 saturated carbocycles.